The predicted molar refractivity (Wildman–Crippen MR) is 119 cm³/mol. The van der Waals surface area contributed by atoms with Crippen LogP contribution < -0.4 is 14.8 Å². The van der Waals surface area contributed by atoms with Gasteiger partial charge in [0.25, 0.3) is 0 Å². The van der Waals surface area contributed by atoms with Gasteiger partial charge in [0.15, 0.2) is 0 Å². The highest BCUT2D eigenvalue weighted by molar-refractivity contribution is 7.67. The van der Waals surface area contributed by atoms with Crippen molar-refractivity contribution in [1.82, 2.24) is 0 Å². The second kappa shape index (κ2) is 6.49. The lowest BCUT2D eigenvalue weighted by atomic mass is 9.89. The molecule has 0 spiro atoms. The zero-order valence-corrected chi connectivity index (χ0v) is 18.7. The van der Waals surface area contributed by atoms with Crippen molar-refractivity contribution in [3.05, 3.63) is 41.0 Å². The van der Waals surface area contributed by atoms with E-state index in [1.54, 1.807) is 5.56 Å². The van der Waals surface area contributed by atoms with Crippen molar-refractivity contribution in [2.24, 2.45) is 0 Å². The molecule has 1 aliphatic heterocycles. The zero-order chi connectivity index (χ0) is 19.6. The van der Waals surface area contributed by atoms with E-state index in [1.807, 2.05) is 7.11 Å². The second-order valence-electron chi connectivity index (χ2n) is 9.66. The summed E-state index contributed by atoms with van der Waals surface area (Å²) in [6.45, 7) is 9.38. The van der Waals surface area contributed by atoms with Crippen molar-refractivity contribution in [3.8, 4) is 22.6 Å². The topological polar surface area (TPSA) is 18.5 Å². The highest BCUT2D eigenvalue weighted by Crippen LogP contribution is 2.58. The monoisotopic (exact) mass is 394 g/mol. The maximum atomic E-state index is 6.18. The van der Waals surface area contributed by atoms with Gasteiger partial charge in [0, 0.05) is 10.9 Å². The van der Waals surface area contributed by atoms with Crippen LogP contribution >= 0.6 is 7.92 Å². The van der Waals surface area contributed by atoms with Gasteiger partial charge in [0.05, 0.1) is 7.11 Å². The van der Waals surface area contributed by atoms with E-state index in [1.165, 1.54) is 53.2 Å². The van der Waals surface area contributed by atoms with Crippen LogP contribution in [0.15, 0.2) is 24.3 Å². The Morgan fingerprint density at radius 1 is 1.04 bits per heavy atom. The third kappa shape index (κ3) is 2.96. The maximum absolute atomic E-state index is 6.18. The van der Waals surface area contributed by atoms with Gasteiger partial charge in [-0.25, -0.2) is 0 Å². The maximum Gasteiger partial charge on any atom is 0.130 e. The fourth-order valence-corrected chi connectivity index (χ4v) is 7.04. The molecule has 2 fully saturated rings. The molecule has 2 aromatic rings. The quantitative estimate of drug-likeness (QED) is 0.539. The van der Waals surface area contributed by atoms with Gasteiger partial charge < -0.3 is 9.47 Å². The minimum Gasteiger partial charge on any atom is -0.496 e. The Bertz CT molecular complexity index is 933. The van der Waals surface area contributed by atoms with Crippen LogP contribution in [0.1, 0.15) is 75.0 Å². The summed E-state index contributed by atoms with van der Waals surface area (Å²) in [5.41, 5.74) is 7.13. The molecule has 3 aliphatic rings. The Hall–Kier alpha value is -1.53. The summed E-state index contributed by atoms with van der Waals surface area (Å²) >= 11 is 0. The summed E-state index contributed by atoms with van der Waals surface area (Å²) in [6, 6.07) is 9.11. The Balaban J connectivity index is 1.78. The zero-order valence-electron chi connectivity index (χ0n) is 17.8. The van der Waals surface area contributed by atoms with Crippen LogP contribution in [0.4, 0.5) is 0 Å². The number of ether oxygens (including phenoxy) is 2. The summed E-state index contributed by atoms with van der Waals surface area (Å²) in [7, 11) is 1.48. The fourth-order valence-electron chi connectivity index (χ4n) is 4.71. The van der Waals surface area contributed by atoms with E-state index < -0.39 is 0 Å². The first-order valence-corrected chi connectivity index (χ1v) is 12.2. The predicted octanol–water partition coefficient (Wildman–Crippen LogP) is 6.68. The molecule has 28 heavy (non-hydrogen) atoms. The van der Waals surface area contributed by atoms with Crippen LogP contribution in [0.25, 0.3) is 11.1 Å². The van der Waals surface area contributed by atoms with Crippen LogP contribution in [0.3, 0.4) is 0 Å². The summed E-state index contributed by atoms with van der Waals surface area (Å²) in [5, 5.41) is 1.67. The van der Waals surface area contributed by atoms with Gasteiger partial charge in [-0.05, 0) is 85.8 Å². The lowest BCUT2D eigenvalue weighted by Gasteiger charge is -2.29. The van der Waals surface area contributed by atoms with Crippen molar-refractivity contribution in [2.45, 2.75) is 70.4 Å². The van der Waals surface area contributed by atoms with Crippen LogP contribution in [0.5, 0.6) is 11.5 Å². The molecule has 0 N–H and O–H groups in total. The van der Waals surface area contributed by atoms with Gasteiger partial charge in [-0.15, -0.1) is 0 Å². The van der Waals surface area contributed by atoms with Crippen LogP contribution in [-0.2, 0) is 0 Å². The largest absolute Gasteiger partial charge is 0.496 e. The standard InChI is InChI=1S/C25H31O2P/c1-15-19(16-9-10-16)13-20(17-11-12-17)23(26-5)22(15)18-7-6-8-21-24(18)28(14-27-21)25(2,3)4/h6-8,13,16-17H,9-12,14H2,1-5H3/t28-/m1/s1. The van der Waals surface area contributed by atoms with E-state index in [0.717, 1.165) is 23.8 Å². The van der Waals surface area contributed by atoms with E-state index in [4.69, 9.17) is 9.47 Å². The number of methoxy groups -OCH3 is 1. The summed E-state index contributed by atoms with van der Waals surface area (Å²) < 4.78 is 12.3. The Kier molecular flexibility index (Phi) is 4.29. The summed E-state index contributed by atoms with van der Waals surface area (Å²) in [6.07, 6.45) is 6.11. The molecule has 2 aromatic carbocycles. The van der Waals surface area contributed by atoms with E-state index in [-0.39, 0.29) is 13.1 Å². The Labute approximate surface area is 170 Å². The molecule has 0 amide bonds. The number of benzene rings is 2. The SMILES string of the molecule is COc1c(C2CC2)cc(C2CC2)c(C)c1-c1cccc2c1[P@](C(C)(C)C)CO2. The molecular weight excluding hydrogens is 363 g/mol. The molecule has 2 aliphatic carbocycles. The molecule has 1 atom stereocenters. The second-order valence-corrected chi connectivity index (χ2v) is 12.6. The van der Waals surface area contributed by atoms with Crippen molar-refractivity contribution < 1.29 is 9.47 Å². The number of hydrogen-bond acceptors (Lipinski definition) is 2. The third-order valence-corrected chi connectivity index (χ3v) is 9.55. The third-order valence-electron chi connectivity index (χ3n) is 6.54. The van der Waals surface area contributed by atoms with Gasteiger partial charge in [-0.2, -0.15) is 0 Å². The molecule has 2 saturated carbocycles. The minimum atomic E-state index is -0.373. The van der Waals surface area contributed by atoms with Gasteiger partial charge in [-0.1, -0.05) is 39.0 Å². The molecule has 3 heteroatoms. The normalized spacial score (nSPS) is 21.4. The molecule has 5 rings (SSSR count). The van der Waals surface area contributed by atoms with Gasteiger partial charge in [-0.3, -0.25) is 0 Å². The average molecular weight is 394 g/mol. The molecule has 0 radical (unpaired) electrons. The van der Waals surface area contributed by atoms with Crippen molar-refractivity contribution in [2.75, 3.05) is 13.5 Å². The number of fused-ring (bicyclic) bond motifs is 1. The smallest absolute Gasteiger partial charge is 0.130 e. The van der Waals surface area contributed by atoms with Crippen molar-refractivity contribution in [1.29, 1.82) is 0 Å². The Morgan fingerprint density at radius 3 is 2.32 bits per heavy atom. The molecule has 0 bridgehead atoms. The molecule has 148 valence electrons. The first-order valence-electron chi connectivity index (χ1n) is 10.7. The van der Waals surface area contributed by atoms with E-state index in [2.05, 4.69) is 52.0 Å². The van der Waals surface area contributed by atoms with Gasteiger partial charge in [0.2, 0.25) is 0 Å². The van der Waals surface area contributed by atoms with E-state index in [0.29, 0.717) is 5.92 Å². The molecule has 1 heterocycles. The van der Waals surface area contributed by atoms with Crippen LogP contribution in [0.2, 0.25) is 0 Å². The number of rotatable bonds is 4. The summed E-state index contributed by atoms with van der Waals surface area (Å²) in [5.74, 6) is 3.64. The lowest BCUT2D eigenvalue weighted by Crippen LogP contribution is -2.19. The van der Waals surface area contributed by atoms with Crippen molar-refractivity contribution >= 4 is 13.2 Å². The van der Waals surface area contributed by atoms with E-state index in [9.17, 15) is 0 Å². The molecule has 0 unspecified atom stereocenters. The molecular formula is C25H31O2P. The highest BCUT2D eigenvalue weighted by atomic mass is 31.1. The summed E-state index contributed by atoms with van der Waals surface area (Å²) in [4.78, 5) is 0. The minimum absolute atomic E-state index is 0.227. The van der Waals surface area contributed by atoms with Crippen LogP contribution in [-0.4, -0.2) is 18.6 Å². The molecule has 0 aromatic heterocycles. The Morgan fingerprint density at radius 2 is 1.71 bits per heavy atom. The van der Waals surface area contributed by atoms with E-state index >= 15 is 0 Å². The lowest BCUT2D eigenvalue weighted by molar-refractivity contribution is 0.400. The van der Waals surface area contributed by atoms with Gasteiger partial charge >= 0.3 is 0 Å². The van der Waals surface area contributed by atoms with Gasteiger partial charge in [0.1, 0.15) is 17.8 Å². The van der Waals surface area contributed by atoms with Crippen LogP contribution in [0, 0.1) is 6.92 Å². The highest BCUT2D eigenvalue weighted by Gasteiger charge is 2.39. The first kappa shape index (κ1) is 18.5. The first-order chi connectivity index (χ1) is 13.4. The molecule has 0 saturated heterocycles. The average Bonchev–Trinajstić information content (AvgIpc) is 3.57. The fraction of sp³-hybridized carbons (Fsp3) is 0.520. The van der Waals surface area contributed by atoms with Crippen molar-refractivity contribution in [3.63, 3.8) is 0 Å². The number of hydrogen-bond donors (Lipinski definition) is 0. The molecule has 2 nitrogen and oxygen atoms in total.